The number of carbonyl (C=O) groups excluding carboxylic acids is 1. The smallest absolute Gasteiger partial charge is 0.236 e. The van der Waals surface area contributed by atoms with Crippen LogP contribution in [0.3, 0.4) is 0 Å². The fourth-order valence-corrected chi connectivity index (χ4v) is 5.47. The second-order valence-corrected chi connectivity index (χ2v) is 9.70. The number of benzene rings is 2. The molecule has 0 spiro atoms. The van der Waals surface area contributed by atoms with Gasteiger partial charge in [-0.15, -0.1) is 10.2 Å². The minimum absolute atomic E-state index is 0.166. The third-order valence-corrected chi connectivity index (χ3v) is 7.51. The monoisotopic (exact) mass is 478 g/mol. The van der Waals surface area contributed by atoms with Crippen molar-refractivity contribution >= 4 is 45.9 Å². The fraction of sp³-hybridized carbons (Fsp3) is 0.136. The van der Waals surface area contributed by atoms with Crippen molar-refractivity contribution < 1.29 is 4.79 Å². The number of thioether (sulfide) groups is 2. The number of carbonyl (C=O) groups is 1. The lowest BCUT2D eigenvalue weighted by Gasteiger charge is -2.10. The Balaban J connectivity index is 1.51. The van der Waals surface area contributed by atoms with E-state index in [0.717, 1.165) is 27.0 Å². The van der Waals surface area contributed by atoms with Gasteiger partial charge in [-0.25, -0.2) is 4.98 Å². The molecule has 0 aliphatic rings. The van der Waals surface area contributed by atoms with E-state index in [-0.39, 0.29) is 11.7 Å². The maximum atomic E-state index is 12.6. The van der Waals surface area contributed by atoms with E-state index in [1.807, 2.05) is 72.2 Å². The number of rotatable bonds is 8. The zero-order chi connectivity index (χ0) is 22.3. The SMILES string of the molecule is Cc1nc(NC(=O)CSc2nnc(-c3ccccc3)n2-c2ccccc2)sc1SCC#N. The molecule has 0 saturated heterocycles. The van der Waals surface area contributed by atoms with Crippen LogP contribution in [0.4, 0.5) is 5.13 Å². The van der Waals surface area contributed by atoms with Crippen molar-refractivity contribution in [2.24, 2.45) is 0 Å². The van der Waals surface area contributed by atoms with Crippen LogP contribution in [0, 0.1) is 18.3 Å². The highest BCUT2D eigenvalue weighted by molar-refractivity contribution is 8.01. The minimum Gasteiger partial charge on any atom is -0.301 e. The van der Waals surface area contributed by atoms with Crippen LogP contribution >= 0.6 is 34.9 Å². The third-order valence-electron chi connectivity index (χ3n) is 4.28. The highest BCUT2D eigenvalue weighted by atomic mass is 32.2. The molecule has 32 heavy (non-hydrogen) atoms. The average Bonchev–Trinajstić information content (AvgIpc) is 3.40. The van der Waals surface area contributed by atoms with E-state index in [9.17, 15) is 4.79 Å². The van der Waals surface area contributed by atoms with Gasteiger partial charge in [0.05, 0.1) is 27.5 Å². The number of nitrogens with zero attached hydrogens (tertiary/aromatic N) is 5. The molecule has 0 saturated carbocycles. The van der Waals surface area contributed by atoms with Gasteiger partial charge < -0.3 is 5.32 Å². The molecule has 2 heterocycles. The molecule has 0 bridgehead atoms. The van der Waals surface area contributed by atoms with E-state index in [1.165, 1.54) is 34.9 Å². The van der Waals surface area contributed by atoms with E-state index in [0.29, 0.717) is 16.0 Å². The quantitative estimate of drug-likeness (QED) is 0.354. The van der Waals surface area contributed by atoms with Crippen molar-refractivity contribution in [3.63, 3.8) is 0 Å². The Morgan fingerprint density at radius 1 is 1.09 bits per heavy atom. The lowest BCUT2D eigenvalue weighted by Crippen LogP contribution is -2.14. The zero-order valence-electron chi connectivity index (χ0n) is 17.1. The number of hydrogen-bond acceptors (Lipinski definition) is 8. The molecule has 0 atom stereocenters. The summed E-state index contributed by atoms with van der Waals surface area (Å²) in [6, 6.07) is 21.8. The van der Waals surface area contributed by atoms with Crippen LogP contribution in [0.25, 0.3) is 17.1 Å². The first-order valence-corrected chi connectivity index (χ1v) is 12.4. The predicted octanol–water partition coefficient (Wildman–Crippen LogP) is 5.05. The van der Waals surface area contributed by atoms with Crippen LogP contribution < -0.4 is 5.32 Å². The topological polar surface area (TPSA) is 96.5 Å². The number of aryl methyl sites for hydroxylation is 1. The highest BCUT2D eigenvalue weighted by Crippen LogP contribution is 2.32. The van der Waals surface area contributed by atoms with Gasteiger partial charge in [0.15, 0.2) is 16.1 Å². The van der Waals surface area contributed by atoms with Gasteiger partial charge in [0.2, 0.25) is 5.91 Å². The highest BCUT2D eigenvalue weighted by Gasteiger charge is 2.18. The molecule has 160 valence electrons. The number of amides is 1. The Labute approximate surface area is 197 Å². The van der Waals surface area contributed by atoms with Crippen LogP contribution in [0.2, 0.25) is 0 Å². The van der Waals surface area contributed by atoms with Gasteiger partial charge in [0.25, 0.3) is 0 Å². The van der Waals surface area contributed by atoms with Crippen molar-refractivity contribution in [1.82, 2.24) is 19.7 Å². The van der Waals surface area contributed by atoms with Gasteiger partial charge in [-0.3, -0.25) is 9.36 Å². The second kappa shape index (κ2) is 10.5. The Morgan fingerprint density at radius 3 is 2.53 bits per heavy atom. The Bertz CT molecular complexity index is 1250. The first-order chi connectivity index (χ1) is 15.7. The summed E-state index contributed by atoms with van der Waals surface area (Å²) in [5, 5.41) is 21.5. The Hall–Kier alpha value is -3.13. The van der Waals surface area contributed by atoms with E-state index in [4.69, 9.17) is 5.26 Å². The molecular weight excluding hydrogens is 460 g/mol. The molecule has 0 unspecified atom stereocenters. The predicted molar refractivity (Wildman–Crippen MR) is 129 cm³/mol. The van der Waals surface area contributed by atoms with E-state index in [2.05, 4.69) is 26.6 Å². The molecule has 1 amide bonds. The number of aromatic nitrogens is 4. The molecule has 4 aromatic rings. The fourth-order valence-electron chi connectivity index (χ4n) is 2.90. The molecule has 2 aromatic heterocycles. The van der Waals surface area contributed by atoms with E-state index < -0.39 is 0 Å². The number of anilines is 1. The summed E-state index contributed by atoms with van der Waals surface area (Å²) in [5.41, 5.74) is 2.68. The number of nitriles is 1. The van der Waals surface area contributed by atoms with Crippen molar-refractivity contribution in [2.45, 2.75) is 16.3 Å². The maximum Gasteiger partial charge on any atom is 0.236 e. The molecular formula is C22H18N6OS3. The third kappa shape index (κ3) is 5.19. The first-order valence-electron chi connectivity index (χ1n) is 9.62. The molecule has 7 nitrogen and oxygen atoms in total. The molecule has 0 radical (unpaired) electrons. The number of thiazole rings is 1. The molecule has 10 heteroatoms. The van der Waals surface area contributed by atoms with Crippen LogP contribution in [0.1, 0.15) is 5.69 Å². The molecule has 0 aliphatic heterocycles. The summed E-state index contributed by atoms with van der Waals surface area (Å²) < 4.78 is 2.89. The molecule has 0 aliphatic carbocycles. The number of para-hydroxylation sites is 1. The van der Waals surface area contributed by atoms with Crippen molar-refractivity contribution in [1.29, 1.82) is 5.26 Å². The van der Waals surface area contributed by atoms with Crippen molar-refractivity contribution in [3.05, 3.63) is 66.4 Å². The summed E-state index contributed by atoms with van der Waals surface area (Å²) >= 11 is 4.11. The summed E-state index contributed by atoms with van der Waals surface area (Å²) in [5.74, 6) is 1.06. The number of nitrogens with one attached hydrogen (secondary N) is 1. The zero-order valence-corrected chi connectivity index (χ0v) is 19.5. The summed E-state index contributed by atoms with van der Waals surface area (Å²) in [4.78, 5) is 16.9. The van der Waals surface area contributed by atoms with Crippen molar-refractivity contribution in [3.8, 4) is 23.1 Å². The Morgan fingerprint density at radius 2 is 1.81 bits per heavy atom. The lowest BCUT2D eigenvalue weighted by atomic mass is 10.2. The van der Waals surface area contributed by atoms with Crippen LogP contribution in [0.5, 0.6) is 0 Å². The van der Waals surface area contributed by atoms with E-state index in [1.54, 1.807) is 0 Å². The van der Waals surface area contributed by atoms with Gasteiger partial charge in [-0.1, -0.05) is 83.4 Å². The molecule has 1 N–H and O–H groups in total. The lowest BCUT2D eigenvalue weighted by molar-refractivity contribution is -0.113. The van der Waals surface area contributed by atoms with E-state index >= 15 is 0 Å². The molecule has 2 aromatic carbocycles. The van der Waals surface area contributed by atoms with Gasteiger partial charge in [0.1, 0.15) is 0 Å². The summed E-state index contributed by atoms with van der Waals surface area (Å²) in [6.45, 7) is 1.87. The minimum atomic E-state index is -0.176. The molecule has 0 fully saturated rings. The first kappa shape index (κ1) is 22.1. The van der Waals surface area contributed by atoms with Crippen LogP contribution in [-0.2, 0) is 4.79 Å². The number of hydrogen-bond donors (Lipinski definition) is 1. The molecule has 4 rings (SSSR count). The van der Waals surface area contributed by atoms with Gasteiger partial charge in [0, 0.05) is 11.3 Å². The second-order valence-electron chi connectivity index (χ2n) is 6.52. The normalized spacial score (nSPS) is 10.6. The summed E-state index contributed by atoms with van der Waals surface area (Å²) in [6.07, 6.45) is 0. The largest absolute Gasteiger partial charge is 0.301 e. The van der Waals surface area contributed by atoms with Gasteiger partial charge in [-0.05, 0) is 19.1 Å². The average molecular weight is 479 g/mol. The van der Waals surface area contributed by atoms with Crippen molar-refractivity contribution in [2.75, 3.05) is 16.8 Å². The van der Waals surface area contributed by atoms with Crippen LogP contribution in [-0.4, -0.2) is 37.2 Å². The summed E-state index contributed by atoms with van der Waals surface area (Å²) in [7, 11) is 0. The van der Waals surface area contributed by atoms with Crippen LogP contribution in [0.15, 0.2) is 70.0 Å². The van der Waals surface area contributed by atoms with Gasteiger partial charge in [-0.2, -0.15) is 5.26 Å². The Kier molecular flexibility index (Phi) is 7.21. The van der Waals surface area contributed by atoms with Gasteiger partial charge >= 0.3 is 0 Å². The maximum absolute atomic E-state index is 12.6. The standard InChI is InChI=1S/C22H18N6OS3/c1-15-20(30-13-12-23)32-21(24-15)25-18(29)14-31-22-27-26-19(16-8-4-2-5-9-16)28(22)17-10-6-3-7-11-17/h2-11H,13-14H2,1H3,(H,24,25,29).